The topological polar surface area (TPSA) is 97.3 Å². The van der Waals surface area contributed by atoms with Gasteiger partial charge in [-0.2, -0.15) is 13.5 Å². The number of hydrazine groups is 1. The number of halogens is 3. The smallest absolute Gasteiger partial charge is 0.422 e. The highest BCUT2D eigenvalue weighted by molar-refractivity contribution is 6.33. The molecule has 0 spiro atoms. The fraction of sp³-hybridized carbons (Fsp3) is 0.400. The van der Waals surface area contributed by atoms with Crippen LogP contribution in [0.5, 0.6) is 0 Å². The molecule has 3 N–H and O–H groups in total. The second-order valence-corrected chi connectivity index (χ2v) is 6.42. The Morgan fingerprint density at radius 1 is 1.48 bits per heavy atom. The molecular weight excluding hydrogens is 356 g/mol. The summed E-state index contributed by atoms with van der Waals surface area (Å²) in [4.78, 5) is 14.9. The van der Waals surface area contributed by atoms with Gasteiger partial charge in [-0.3, -0.25) is 0 Å². The molecule has 1 amide bonds. The van der Waals surface area contributed by atoms with Crippen LogP contribution in [0.15, 0.2) is 24.5 Å². The van der Waals surface area contributed by atoms with Gasteiger partial charge in [-0.05, 0) is 43.4 Å². The fourth-order valence-corrected chi connectivity index (χ4v) is 2.93. The van der Waals surface area contributed by atoms with Crippen molar-refractivity contribution < 1.29 is 18.7 Å². The Kier molecular flexibility index (Phi) is 4.61. The number of alkyl halides is 2. The molecule has 0 aliphatic heterocycles. The van der Waals surface area contributed by atoms with Crippen LogP contribution in [0.4, 0.5) is 13.6 Å². The lowest BCUT2D eigenvalue weighted by atomic mass is 10.0. The molecule has 0 saturated heterocycles. The second kappa shape index (κ2) is 6.57. The summed E-state index contributed by atoms with van der Waals surface area (Å²) < 4.78 is 25.7. The van der Waals surface area contributed by atoms with Gasteiger partial charge >= 0.3 is 12.6 Å². The fourth-order valence-electron chi connectivity index (χ4n) is 2.73. The Morgan fingerprint density at radius 2 is 2.20 bits per heavy atom. The molecule has 2 aromatic rings. The molecule has 0 atom stereocenters. The van der Waals surface area contributed by atoms with Crippen molar-refractivity contribution in [1.82, 2.24) is 19.8 Å². The van der Waals surface area contributed by atoms with E-state index in [-0.39, 0.29) is 5.82 Å². The van der Waals surface area contributed by atoms with Crippen molar-refractivity contribution in [3.05, 3.63) is 35.1 Å². The van der Waals surface area contributed by atoms with Crippen molar-refractivity contribution in [2.75, 3.05) is 0 Å². The zero-order chi connectivity index (χ0) is 18.2. The molecule has 1 aliphatic rings. The van der Waals surface area contributed by atoms with E-state index in [0.717, 1.165) is 29.7 Å². The molecule has 0 bridgehead atoms. The van der Waals surface area contributed by atoms with E-state index in [4.69, 9.17) is 22.6 Å². The van der Waals surface area contributed by atoms with Crippen molar-refractivity contribution in [3.8, 4) is 11.4 Å². The van der Waals surface area contributed by atoms with Gasteiger partial charge in [-0.1, -0.05) is 17.7 Å². The van der Waals surface area contributed by atoms with Crippen molar-refractivity contribution in [2.45, 2.75) is 37.8 Å². The van der Waals surface area contributed by atoms with Crippen molar-refractivity contribution in [2.24, 2.45) is 5.84 Å². The third-order valence-corrected chi connectivity index (χ3v) is 4.73. The highest BCUT2D eigenvalue weighted by atomic mass is 35.5. The van der Waals surface area contributed by atoms with Crippen LogP contribution in [0.3, 0.4) is 0 Å². The minimum Gasteiger partial charge on any atom is -0.464 e. The van der Waals surface area contributed by atoms with Gasteiger partial charge in [0.25, 0.3) is 0 Å². The van der Waals surface area contributed by atoms with Gasteiger partial charge in [0, 0.05) is 5.56 Å². The minimum absolute atomic E-state index is 0.110. The molecule has 1 fully saturated rings. The molecule has 1 aliphatic carbocycles. The van der Waals surface area contributed by atoms with Crippen LogP contribution in [0.25, 0.3) is 11.4 Å². The van der Waals surface area contributed by atoms with Gasteiger partial charge in [0.2, 0.25) is 0 Å². The number of hydrogen-bond donors (Lipinski definition) is 2. The normalized spacial score (nSPS) is 15.4. The molecule has 25 heavy (non-hydrogen) atoms. The Bertz CT molecular complexity index is 794. The van der Waals surface area contributed by atoms with Gasteiger partial charge in [0.15, 0.2) is 5.82 Å². The highest BCUT2D eigenvalue weighted by Crippen LogP contribution is 2.44. The van der Waals surface area contributed by atoms with E-state index in [2.05, 4.69) is 10.1 Å². The SMILES string of the molecule is NN(C(=O)O)C1(CCc2ccc(Cl)c(-c3ncn(C(F)F)n3)c2)CC1. The number of carboxylic acid groups (broad SMARTS) is 1. The van der Waals surface area contributed by atoms with E-state index in [1.807, 2.05) is 0 Å². The van der Waals surface area contributed by atoms with Crippen LogP contribution in [0.2, 0.25) is 5.02 Å². The zero-order valence-electron chi connectivity index (χ0n) is 13.1. The van der Waals surface area contributed by atoms with E-state index >= 15 is 0 Å². The maximum atomic E-state index is 12.6. The first kappa shape index (κ1) is 17.6. The van der Waals surface area contributed by atoms with Crippen molar-refractivity contribution in [1.29, 1.82) is 0 Å². The first-order valence-electron chi connectivity index (χ1n) is 7.58. The number of nitrogens with two attached hydrogens (primary N) is 1. The van der Waals surface area contributed by atoms with Crippen LogP contribution >= 0.6 is 11.6 Å². The van der Waals surface area contributed by atoms with E-state index < -0.39 is 18.2 Å². The summed E-state index contributed by atoms with van der Waals surface area (Å²) in [6, 6.07) is 5.17. The Labute approximate surface area is 147 Å². The standard InChI is InChI=1S/C15H16ClF2N5O2/c16-11-2-1-9(3-4-15(5-6-15)23(19)14(24)25)7-10(11)12-20-8-22(21-12)13(17)18/h1-2,7-8,13H,3-6,19H2,(H,24,25). The molecule has 1 aromatic heterocycles. The summed E-state index contributed by atoms with van der Waals surface area (Å²) in [5, 5.41) is 14.0. The maximum Gasteiger partial charge on any atom is 0.422 e. The van der Waals surface area contributed by atoms with Crippen LogP contribution in [0.1, 0.15) is 31.4 Å². The van der Waals surface area contributed by atoms with E-state index in [0.29, 0.717) is 28.1 Å². The molecule has 1 heterocycles. The zero-order valence-corrected chi connectivity index (χ0v) is 13.8. The third kappa shape index (κ3) is 3.57. The average Bonchev–Trinajstić information content (AvgIpc) is 3.20. The second-order valence-electron chi connectivity index (χ2n) is 6.02. The van der Waals surface area contributed by atoms with Crippen LogP contribution in [-0.2, 0) is 6.42 Å². The Hall–Kier alpha value is -2.26. The molecule has 1 aromatic carbocycles. The van der Waals surface area contributed by atoms with Gasteiger partial charge in [-0.25, -0.2) is 20.6 Å². The number of rotatable bonds is 6. The number of hydrogen-bond acceptors (Lipinski definition) is 4. The molecular formula is C15H16ClF2N5O2. The predicted octanol–water partition coefficient (Wildman–Crippen LogP) is 3.31. The van der Waals surface area contributed by atoms with Crippen LogP contribution in [-0.4, -0.2) is 36.5 Å². The number of aromatic nitrogens is 3. The number of amides is 1. The van der Waals surface area contributed by atoms with Crippen LogP contribution in [0, 0.1) is 0 Å². The summed E-state index contributed by atoms with van der Waals surface area (Å²) in [6.45, 7) is -2.77. The number of carbonyl (C=O) groups is 1. The summed E-state index contributed by atoms with van der Waals surface area (Å²) in [5.74, 6) is 5.73. The predicted molar refractivity (Wildman–Crippen MR) is 86.1 cm³/mol. The van der Waals surface area contributed by atoms with E-state index in [1.54, 1.807) is 18.2 Å². The lowest BCUT2D eigenvalue weighted by Gasteiger charge is -2.24. The van der Waals surface area contributed by atoms with E-state index in [1.165, 1.54) is 0 Å². The molecule has 0 unspecified atom stereocenters. The lowest BCUT2D eigenvalue weighted by molar-refractivity contribution is 0.0564. The van der Waals surface area contributed by atoms with Gasteiger partial charge in [0.05, 0.1) is 10.6 Å². The Morgan fingerprint density at radius 3 is 2.76 bits per heavy atom. The first-order chi connectivity index (χ1) is 11.8. The number of benzene rings is 1. The molecule has 3 rings (SSSR count). The molecule has 1 saturated carbocycles. The summed E-state index contributed by atoms with van der Waals surface area (Å²) in [5.41, 5.74) is 0.797. The summed E-state index contributed by atoms with van der Waals surface area (Å²) in [6.07, 6.45) is 2.36. The average molecular weight is 372 g/mol. The molecule has 0 radical (unpaired) electrons. The third-order valence-electron chi connectivity index (χ3n) is 4.40. The molecule has 134 valence electrons. The van der Waals surface area contributed by atoms with Gasteiger partial charge in [-0.15, -0.1) is 5.10 Å². The summed E-state index contributed by atoms with van der Waals surface area (Å²) >= 11 is 6.13. The summed E-state index contributed by atoms with van der Waals surface area (Å²) in [7, 11) is 0. The maximum absolute atomic E-state index is 12.6. The van der Waals surface area contributed by atoms with Gasteiger partial charge in [0.1, 0.15) is 6.33 Å². The molecule has 10 heteroatoms. The van der Waals surface area contributed by atoms with Crippen molar-refractivity contribution >= 4 is 17.7 Å². The highest BCUT2D eigenvalue weighted by Gasteiger charge is 2.49. The quantitative estimate of drug-likeness (QED) is 0.461. The van der Waals surface area contributed by atoms with Crippen LogP contribution < -0.4 is 5.84 Å². The number of aryl methyl sites for hydroxylation is 1. The monoisotopic (exact) mass is 371 g/mol. The largest absolute Gasteiger partial charge is 0.464 e. The Balaban J connectivity index is 1.77. The molecule has 7 nitrogen and oxygen atoms in total. The van der Waals surface area contributed by atoms with Gasteiger partial charge < -0.3 is 5.11 Å². The van der Waals surface area contributed by atoms with Crippen molar-refractivity contribution in [3.63, 3.8) is 0 Å². The lowest BCUT2D eigenvalue weighted by Crippen LogP contribution is -2.46. The number of nitrogens with zero attached hydrogens (tertiary/aromatic N) is 4. The minimum atomic E-state index is -2.77. The van der Waals surface area contributed by atoms with E-state index in [9.17, 15) is 13.6 Å². The first-order valence-corrected chi connectivity index (χ1v) is 7.96.